The van der Waals surface area contributed by atoms with Crippen LogP contribution in [0.1, 0.15) is 11.1 Å². The Morgan fingerprint density at radius 3 is 2.62 bits per heavy atom. The molecule has 0 spiro atoms. The largest absolute Gasteiger partial charge is 0.475 e. The molecule has 2 aromatic rings. The molecule has 0 bridgehead atoms. The number of aromatic nitrogens is 2. The van der Waals surface area contributed by atoms with Crippen molar-refractivity contribution in [3.63, 3.8) is 0 Å². The zero-order valence-corrected chi connectivity index (χ0v) is 17.8. The first-order valence-electron chi connectivity index (χ1n) is 8.03. The molecule has 0 amide bonds. The molecular weight excluding hydrogens is 532 g/mol. The summed E-state index contributed by atoms with van der Waals surface area (Å²) in [5, 5.41) is 4.54. The van der Waals surface area contributed by atoms with Crippen LogP contribution < -0.4 is 4.74 Å². The maximum Gasteiger partial charge on any atom is 0.233 e. The minimum atomic E-state index is 0.657. The highest BCUT2D eigenvalue weighted by Crippen LogP contribution is 2.21. The molecule has 3 rings (SSSR count). The third-order valence-corrected chi connectivity index (χ3v) is 5.71. The molecule has 1 saturated heterocycles. The van der Waals surface area contributed by atoms with E-state index in [0.29, 0.717) is 12.5 Å². The maximum absolute atomic E-state index is 5.80. The number of ether oxygens (including phenoxy) is 2. The first-order valence-corrected chi connectivity index (χ1v) is 11.1. The van der Waals surface area contributed by atoms with E-state index < -0.39 is 0 Å². The van der Waals surface area contributed by atoms with Crippen molar-refractivity contribution >= 4 is 45.2 Å². The van der Waals surface area contributed by atoms with Crippen molar-refractivity contribution in [3.8, 4) is 11.6 Å². The Labute approximate surface area is 170 Å². The summed E-state index contributed by atoms with van der Waals surface area (Å²) >= 11 is 4.82. The van der Waals surface area contributed by atoms with Crippen LogP contribution in [-0.4, -0.2) is 54.1 Å². The standard InChI is InChI=1S/C17H21I2N3O2/c18-12-14-1-2-16(11-15(14)13-19)22-4-3-17(20-22)24-10-7-21-5-8-23-9-6-21/h1-4,11H,5-10,12-13H2. The van der Waals surface area contributed by atoms with E-state index in [1.165, 1.54) is 11.1 Å². The van der Waals surface area contributed by atoms with Crippen LogP contribution >= 0.6 is 45.2 Å². The number of rotatable bonds is 7. The summed E-state index contributed by atoms with van der Waals surface area (Å²) in [5.41, 5.74) is 3.84. The fourth-order valence-electron chi connectivity index (χ4n) is 2.64. The van der Waals surface area contributed by atoms with Gasteiger partial charge in [-0.2, -0.15) is 0 Å². The Balaban J connectivity index is 1.58. The second-order valence-electron chi connectivity index (χ2n) is 5.62. The first-order chi connectivity index (χ1) is 11.8. The van der Waals surface area contributed by atoms with Crippen LogP contribution in [0.25, 0.3) is 5.69 Å². The van der Waals surface area contributed by atoms with Crippen molar-refractivity contribution in [2.75, 3.05) is 39.5 Å². The molecule has 5 nitrogen and oxygen atoms in total. The van der Waals surface area contributed by atoms with E-state index in [1.807, 2.05) is 16.9 Å². The summed E-state index contributed by atoms with van der Waals surface area (Å²) in [6.07, 6.45) is 1.96. The van der Waals surface area contributed by atoms with Gasteiger partial charge in [0, 0.05) is 40.8 Å². The topological polar surface area (TPSA) is 39.5 Å². The van der Waals surface area contributed by atoms with Gasteiger partial charge in [0.15, 0.2) is 0 Å². The zero-order valence-electron chi connectivity index (χ0n) is 13.5. The number of morpholine rings is 1. The molecule has 1 aromatic heterocycles. The molecule has 1 aliphatic rings. The Morgan fingerprint density at radius 1 is 1.08 bits per heavy atom. The molecule has 1 aromatic carbocycles. The third-order valence-electron chi connectivity index (χ3n) is 4.07. The van der Waals surface area contributed by atoms with Crippen molar-refractivity contribution in [2.24, 2.45) is 0 Å². The summed E-state index contributed by atoms with van der Waals surface area (Å²) in [6.45, 7) is 5.19. The molecular formula is C17H21I2N3O2. The van der Waals surface area contributed by atoms with E-state index in [4.69, 9.17) is 9.47 Å². The van der Waals surface area contributed by atoms with E-state index in [0.717, 1.165) is 47.4 Å². The van der Waals surface area contributed by atoms with E-state index in [9.17, 15) is 0 Å². The monoisotopic (exact) mass is 553 g/mol. The van der Waals surface area contributed by atoms with Gasteiger partial charge in [0.1, 0.15) is 6.61 Å². The summed E-state index contributed by atoms with van der Waals surface area (Å²) in [4.78, 5) is 2.36. The van der Waals surface area contributed by atoms with Crippen molar-refractivity contribution in [3.05, 3.63) is 41.6 Å². The van der Waals surface area contributed by atoms with Crippen molar-refractivity contribution in [1.82, 2.24) is 14.7 Å². The highest BCUT2D eigenvalue weighted by atomic mass is 127. The minimum absolute atomic E-state index is 0.657. The SMILES string of the molecule is ICc1ccc(-n2ccc(OCCN3CCOCC3)n2)cc1CI. The second kappa shape index (κ2) is 9.35. The van der Waals surface area contributed by atoms with Crippen LogP contribution in [0.4, 0.5) is 0 Å². The van der Waals surface area contributed by atoms with Gasteiger partial charge >= 0.3 is 0 Å². The average Bonchev–Trinajstić information content (AvgIpc) is 3.11. The van der Waals surface area contributed by atoms with Gasteiger partial charge in [0.2, 0.25) is 5.88 Å². The third kappa shape index (κ3) is 4.83. The van der Waals surface area contributed by atoms with Gasteiger partial charge in [-0.1, -0.05) is 51.2 Å². The lowest BCUT2D eigenvalue weighted by Gasteiger charge is -2.26. The molecule has 7 heteroatoms. The average molecular weight is 553 g/mol. The highest BCUT2D eigenvalue weighted by Gasteiger charge is 2.10. The number of nitrogens with zero attached hydrogens (tertiary/aromatic N) is 3. The number of alkyl halides is 2. The van der Waals surface area contributed by atoms with Gasteiger partial charge in [-0.25, -0.2) is 4.68 Å². The van der Waals surface area contributed by atoms with Crippen LogP contribution in [0, 0.1) is 0 Å². The molecule has 0 radical (unpaired) electrons. The summed E-state index contributed by atoms with van der Waals surface area (Å²) in [5.74, 6) is 0.678. The Morgan fingerprint density at radius 2 is 1.88 bits per heavy atom. The predicted molar refractivity (Wildman–Crippen MR) is 112 cm³/mol. The van der Waals surface area contributed by atoms with Gasteiger partial charge < -0.3 is 9.47 Å². The fraction of sp³-hybridized carbons (Fsp3) is 0.471. The molecule has 0 aliphatic carbocycles. The molecule has 1 fully saturated rings. The van der Waals surface area contributed by atoms with Crippen molar-refractivity contribution < 1.29 is 9.47 Å². The Hall–Kier alpha value is -0.390. The molecule has 24 heavy (non-hydrogen) atoms. The molecule has 0 atom stereocenters. The van der Waals surface area contributed by atoms with Crippen molar-refractivity contribution in [1.29, 1.82) is 0 Å². The summed E-state index contributed by atoms with van der Waals surface area (Å²) < 4.78 is 15.1. The van der Waals surface area contributed by atoms with Gasteiger partial charge in [-0.05, 0) is 23.3 Å². The normalized spacial score (nSPS) is 15.6. The van der Waals surface area contributed by atoms with Gasteiger partial charge in [0.05, 0.1) is 18.9 Å². The van der Waals surface area contributed by atoms with Crippen LogP contribution in [0.2, 0.25) is 0 Å². The molecule has 0 N–H and O–H groups in total. The van der Waals surface area contributed by atoms with Crippen LogP contribution in [0.15, 0.2) is 30.5 Å². The number of halogens is 2. The highest BCUT2D eigenvalue weighted by molar-refractivity contribution is 14.1. The molecule has 0 saturated carbocycles. The lowest BCUT2D eigenvalue weighted by Crippen LogP contribution is -2.38. The van der Waals surface area contributed by atoms with Crippen LogP contribution in [0.5, 0.6) is 5.88 Å². The molecule has 130 valence electrons. The van der Waals surface area contributed by atoms with Gasteiger partial charge in [-0.3, -0.25) is 4.90 Å². The Bertz CT molecular complexity index is 657. The zero-order chi connectivity index (χ0) is 16.8. The smallest absolute Gasteiger partial charge is 0.233 e. The van der Waals surface area contributed by atoms with E-state index in [1.54, 1.807) is 0 Å². The van der Waals surface area contributed by atoms with Crippen LogP contribution in [-0.2, 0) is 13.6 Å². The van der Waals surface area contributed by atoms with Crippen LogP contribution in [0.3, 0.4) is 0 Å². The lowest BCUT2D eigenvalue weighted by molar-refractivity contribution is 0.0320. The van der Waals surface area contributed by atoms with E-state index in [2.05, 4.69) is 73.4 Å². The summed E-state index contributed by atoms with van der Waals surface area (Å²) in [7, 11) is 0. The first kappa shape index (κ1) is 18.4. The number of hydrogen-bond acceptors (Lipinski definition) is 4. The molecule has 0 unspecified atom stereocenters. The Kier molecular flexibility index (Phi) is 7.17. The lowest BCUT2D eigenvalue weighted by atomic mass is 10.1. The molecule has 2 heterocycles. The number of benzene rings is 1. The van der Waals surface area contributed by atoms with E-state index >= 15 is 0 Å². The minimum Gasteiger partial charge on any atom is -0.475 e. The number of hydrogen-bond donors (Lipinski definition) is 0. The van der Waals surface area contributed by atoms with E-state index in [-0.39, 0.29) is 0 Å². The van der Waals surface area contributed by atoms with Gasteiger partial charge in [-0.15, -0.1) is 5.10 Å². The van der Waals surface area contributed by atoms with Gasteiger partial charge in [0.25, 0.3) is 0 Å². The maximum atomic E-state index is 5.80. The second-order valence-corrected chi connectivity index (χ2v) is 7.15. The molecule has 1 aliphatic heterocycles. The summed E-state index contributed by atoms with van der Waals surface area (Å²) in [6, 6.07) is 8.45. The van der Waals surface area contributed by atoms with Crippen molar-refractivity contribution in [2.45, 2.75) is 8.86 Å². The predicted octanol–water partition coefficient (Wildman–Crippen LogP) is 3.45. The fourth-order valence-corrected chi connectivity index (χ4v) is 4.10. The quantitative estimate of drug-likeness (QED) is 0.390.